The quantitative estimate of drug-likeness (QED) is 0.506. The molecule has 0 bridgehead atoms. The van der Waals surface area contributed by atoms with Crippen LogP contribution in [0.2, 0.25) is 0 Å². The Morgan fingerprint density at radius 1 is 1.50 bits per heavy atom. The van der Waals surface area contributed by atoms with Crippen molar-refractivity contribution >= 4 is 6.29 Å². The summed E-state index contributed by atoms with van der Waals surface area (Å²) in [5.41, 5.74) is 1.74. The predicted molar refractivity (Wildman–Crippen MR) is 35.4 cm³/mol. The first-order valence-corrected chi connectivity index (χ1v) is 2.76. The molecular formula is C8H7OY-. The van der Waals surface area contributed by atoms with Crippen LogP contribution in [0.5, 0.6) is 0 Å². The van der Waals surface area contributed by atoms with Crippen molar-refractivity contribution in [3.05, 3.63) is 35.4 Å². The van der Waals surface area contributed by atoms with Crippen molar-refractivity contribution in [3.8, 4) is 0 Å². The third-order valence-corrected chi connectivity index (χ3v) is 1.12. The van der Waals surface area contributed by atoms with E-state index in [-0.39, 0.29) is 32.7 Å². The molecule has 1 rings (SSSR count). The van der Waals surface area contributed by atoms with Gasteiger partial charge < -0.3 is 4.79 Å². The van der Waals surface area contributed by atoms with Gasteiger partial charge in [0.1, 0.15) is 0 Å². The first-order valence-electron chi connectivity index (χ1n) is 2.76. The van der Waals surface area contributed by atoms with Gasteiger partial charge in [-0.2, -0.15) is 0 Å². The van der Waals surface area contributed by atoms with Crippen LogP contribution in [-0.2, 0) is 32.7 Å². The van der Waals surface area contributed by atoms with Gasteiger partial charge in [0.15, 0.2) is 0 Å². The summed E-state index contributed by atoms with van der Waals surface area (Å²) >= 11 is 0. The van der Waals surface area contributed by atoms with Crippen LogP contribution in [-0.4, -0.2) is 6.29 Å². The van der Waals surface area contributed by atoms with Gasteiger partial charge in [0.2, 0.25) is 0 Å². The largest absolute Gasteiger partial charge is 0.355 e. The van der Waals surface area contributed by atoms with E-state index in [1.807, 2.05) is 13.0 Å². The minimum atomic E-state index is 0. The average molecular weight is 208 g/mol. The second-order valence-corrected chi connectivity index (χ2v) is 1.94. The van der Waals surface area contributed by atoms with Crippen LogP contribution in [0.15, 0.2) is 18.2 Å². The van der Waals surface area contributed by atoms with Crippen LogP contribution in [0.4, 0.5) is 0 Å². The molecular weight excluding hydrogens is 201 g/mol. The number of rotatable bonds is 1. The molecule has 0 amide bonds. The molecule has 1 nitrogen and oxygen atoms in total. The molecule has 0 fully saturated rings. The Hall–Kier alpha value is -0.00610. The Labute approximate surface area is 85.7 Å². The SMILES string of the molecule is Cc1c[c-]c(C=O)cc1.[Y]. The minimum absolute atomic E-state index is 0. The van der Waals surface area contributed by atoms with Crippen molar-refractivity contribution in [2.24, 2.45) is 0 Å². The molecule has 0 aromatic heterocycles. The smallest absolute Gasteiger partial charge is 0.0655 e. The number of carbonyl (C=O) groups excluding carboxylic acids is 1. The molecule has 0 saturated heterocycles. The van der Waals surface area contributed by atoms with Crippen LogP contribution in [0, 0.1) is 13.0 Å². The molecule has 0 atom stereocenters. The van der Waals surface area contributed by atoms with Crippen molar-refractivity contribution in [2.75, 3.05) is 0 Å². The van der Waals surface area contributed by atoms with Gasteiger partial charge in [-0.15, -0.1) is 35.4 Å². The minimum Gasteiger partial charge on any atom is -0.355 e. The summed E-state index contributed by atoms with van der Waals surface area (Å²) in [5, 5.41) is 0. The molecule has 49 valence electrons. The molecule has 10 heavy (non-hydrogen) atoms. The molecule has 1 aromatic rings. The fourth-order valence-electron chi connectivity index (χ4n) is 0.588. The van der Waals surface area contributed by atoms with Gasteiger partial charge >= 0.3 is 0 Å². The number of aryl methyl sites for hydroxylation is 1. The molecule has 0 heterocycles. The van der Waals surface area contributed by atoms with E-state index in [1.165, 1.54) is 0 Å². The van der Waals surface area contributed by atoms with E-state index in [0.717, 1.165) is 11.8 Å². The molecule has 0 unspecified atom stereocenters. The summed E-state index contributed by atoms with van der Waals surface area (Å²) in [5.74, 6) is 0. The van der Waals surface area contributed by atoms with Crippen LogP contribution in [0.3, 0.4) is 0 Å². The van der Waals surface area contributed by atoms with Gasteiger partial charge in [-0.05, 0) is 0 Å². The molecule has 0 aliphatic carbocycles. The fraction of sp³-hybridized carbons (Fsp3) is 0.125. The van der Waals surface area contributed by atoms with E-state index in [1.54, 1.807) is 12.1 Å². The normalized spacial score (nSPS) is 8.10. The topological polar surface area (TPSA) is 17.1 Å². The van der Waals surface area contributed by atoms with Crippen molar-refractivity contribution in [1.29, 1.82) is 0 Å². The first kappa shape index (κ1) is 9.99. The molecule has 0 aliphatic heterocycles. The maximum absolute atomic E-state index is 10.1. The molecule has 0 spiro atoms. The number of hydrogen-bond donors (Lipinski definition) is 0. The predicted octanol–water partition coefficient (Wildman–Crippen LogP) is 1.61. The van der Waals surface area contributed by atoms with E-state index in [9.17, 15) is 4.79 Å². The van der Waals surface area contributed by atoms with E-state index < -0.39 is 0 Å². The van der Waals surface area contributed by atoms with Crippen molar-refractivity contribution < 1.29 is 37.5 Å². The molecule has 0 N–H and O–H groups in total. The van der Waals surface area contributed by atoms with E-state index in [2.05, 4.69) is 6.07 Å². The second-order valence-electron chi connectivity index (χ2n) is 1.94. The summed E-state index contributed by atoms with van der Waals surface area (Å²) in [7, 11) is 0. The number of carbonyl (C=O) groups is 1. The summed E-state index contributed by atoms with van der Waals surface area (Å²) in [6.45, 7) is 1.96. The van der Waals surface area contributed by atoms with Crippen LogP contribution in [0.1, 0.15) is 15.9 Å². The zero-order chi connectivity index (χ0) is 6.69. The van der Waals surface area contributed by atoms with Crippen LogP contribution in [0.25, 0.3) is 0 Å². The standard InChI is InChI=1S/C8H7O.Y/c1-7-2-4-8(6-9)5-3-7;/h2-4,6H,1H3;/q-1;. The van der Waals surface area contributed by atoms with Gasteiger partial charge in [-0.3, -0.25) is 0 Å². The van der Waals surface area contributed by atoms with Crippen molar-refractivity contribution in [3.63, 3.8) is 0 Å². The van der Waals surface area contributed by atoms with Gasteiger partial charge in [0.25, 0.3) is 0 Å². The van der Waals surface area contributed by atoms with Gasteiger partial charge in [-0.1, -0.05) is 6.92 Å². The van der Waals surface area contributed by atoms with Crippen LogP contribution >= 0.6 is 0 Å². The maximum Gasteiger partial charge on any atom is 0.0655 e. The monoisotopic (exact) mass is 208 g/mol. The van der Waals surface area contributed by atoms with E-state index in [0.29, 0.717) is 5.56 Å². The molecule has 0 aliphatic rings. The Morgan fingerprint density at radius 2 is 2.20 bits per heavy atom. The van der Waals surface area contributed by atoms with Gasteiger partial charge in [0, 0.05) is 32.7 Å². The summed E-state index contributed by atoms with van der Waals surface area (Å²) in [6.07, 6.45) is 0.791. The third-order valence-electron chi connectivity index (χ3n) is 1.12. The van der Waals surface area contributed by atoms with E-state index in [4.69, 9.17) is 0 Å². The van der Waals surface area contributed by atoms with E-state index >= 15 is 0 Å². The Bertz CT molecular complexity index is 203. The number of benzene rings is 1. The van der Waals surface area contributed by atoms with Crippen LogP contribution < -0.4 is 0 Å². The Balaban J connectivity index is 0.000000810. The van der Waals surface area contributed by atoms with Crippen molar-refractivity contribution in [2.45, 2.75) is 6.92 Å². The summed E-state index contributed by atoms with van der Waals surface area (Å²) in [6, 6.07) is 8.26. The van der Waals surface area contributed by atoms with Gasteiger partial charge in [0.05, 0.1) is 6.29 Å². The Kier molecular flexibility index (Phi) is 4.75. The number of aldehydes is 1. The third kappa shape index (κ3) is 2.72. The maximum atomic E-state index is 10.1. The number of hydrogen-bond acceptors (Lipinski definition) is 1. The molecule has 1 aromatic carbocycles. The average Bonchev–Trinajstić information content (AvgIpc) is 1.90. The Morgan fingerprint density at radius 3 is 2.60 bits per heavy atom. The van der Waals surface area contributed by atoms with Gasteiger partial charge in [-0.25, -0.2) is 0 Å². The summed E-state index contributed by atoms with van der Waals surface area (Å²) in [4.78, 5) is 10.1. The molecule has 2 heteroatoms. The first-order chi connectivity index (χ1) is 4.33. The second kappa shape index (κ2) is 4.76. The molecule has 1 radical (unpaired) electrons. The fourth-order valence-corrected chi connectivity index (χ4v) is 0.588. The van der Waals surface area contributed by atoms with Crippen molar-refractivity contribution in [1.82, 2.24) is 0 Å². The zero-order valence-electron chi connectivity index (χ0n) is 5.79. The molecule has 0 saturated carbocycles. The summed E-state index contributed by atoms with van der Waals surface area (Å²) < 4.78 is 0. The zero-order valence-corrected chi connectivity index (χ0v) is 8.63.